The molecule has 35 heavy (non-hydrogen) atoms. The van der Waals surface area contributed by atoms with Gasteiger partial charge in [0.05, 0.1) is 6.04 Å². The third-order valence-corrected chi connectivity index (χ3v) is 5.47. The topological polar surface area (TPSA) is 271 Å². The Hall–Kier alpha value is -3.75. The van der Waals surface area contributed by atoms with Crippen molar-refractivity contribution in [3.05, 3.63) is 0 Å². The second kappa shape index (κ2) is 13.8. The zero-order chi connectivity index (χ0) is 26.7. The number of carbonyl (C=O) groups excluding carboxylic acids is 6. The highest BCUT2D eigenvalue weighted by molar-refractivity contribution is 5.95. The Morgan fingerprint density at radius 3 is 1.80 bits per heavy atom. The van der Waals surface area contributed by atoms with Crippen molar-refractivity contribution < 1.29 is 38.7 Å². The molecule has 0 spiro atoms. The third-order valence-electron chi connectivity index (χ3n) is 5.47. The second-order valence-electron chi connectivity index (χ2n) is 8.27. The first-order valence-corrected chi connectivity index (χ1v) is 11.1. The van der Waals surface area contributed by atoms with E-state index < -0.39 is 65.6 Å². The molecule has 1 heterocycles. The maximum absolute atomic E-state index is 13.0. The number of carboxylic acids is 1. The summed E-state index contributed by atoms with van der Waals surface area (Å²) in [5.74, 6) is -5.77. The molecule has 0 aromatic heterocycles. The Bertz CT molecular complexity index is 849. The number of rotatable bonds is 15. The van der Waals surface area contributed by atoms with E-state index in [9.17, 15) is 38.7 Å². The summed E-state index contributed by atoms with van der Waals surface area (Å²) in [6, 6.07) is -4.91. The zero-order valence-electron chi connectivity index (χ0n) is 19.2. The molecule has 196 valence electrons. The molecular formula is C20H33N7O8. The van der Waals surface area contributed by atoms with Crippen molar-refractivity contribution in [2.45, 2.75) is 75.5 Å². The summed E-state index contributed by atoms with van der Waals surface area (Å²) < 4.78 is 0. The van der Waals surface area contributed by atoms with E-state index in [4.69, 9.17) is 22.9 Å². The summed E-state index contributed by atoms with van der Waals surface area (Å²) in [5.41, 5.74) is 21.1. The fourth-order valence-corrected chi connectivity index (χ4v) is 3.57. The Labute approximate surface area is 201 Å². The van der Waals surface area contributed by atoms with Crippen molar-refractivity contribution in [2.24, 2.45) is 22.9 Å². The number of nitrogens with two attached hydrogens (primary N) is 4. The molecule has 1 aliphatic rings. The van der Waals surface area contributed by atoms with Crippen LogP contribution in [0.15, 0.2) is 0 Å². The number of primary amides is 3. The van der Waals surface area contributed by atoms with Gasteiger partial charge in [-0.25, -0.2) is 4.79 Å². The molecule has 0 radical (unpaired) electrons. The molecule has 11 N–H and O–H groups in total. The first-order valence-electron chi connectivity index (χ1n) is 11.1. The lowest BCUT2D eigenvalue weighted by molar-refractivity contribution is -0.149. The molecule has 0 saturated carbocycles. The van der Waals surface area contributed by atoms with E-state index in [2.05, 4.69) is 10.6 Å². The smallest absolute Gasteiger partial charge is 0.326 e. The summed E-state index contributed by atoms with van der Waals surface area (Å²) >= 11 is 0. The summed E-state index contributed by atoms with van der Waals surface area (Å²) in [6.45, 7) is 0.148. The minimum atomic E-state index is -1.34. The van der Waals surface area contributed by atoms with Crippen molar-refractivity contribution in [3.63, 3.8) is 0 Å². The SMILES string of the molecule is NC(=O)CC[C@H](NC(=O)[C@@H](N)CCC(N)=O)C(=O)N[C@@H](CCC(N)=O)C(=O)N1CCC[C@H]1C(=O)O. The number of aliphatic carboxylic acids is 1. The standard InChI is InChI=1S/C20H33N7O8/c21-10(3-6-14(22)28)17(31)25-11(4-7-15(23)29)18(32)26-12(5-8-16(24)30)19(33)27-9-1-2-13(27)20(34)35/h10-13H,1-9,21H2,(H2,22,28)(H2,23,29)(H2,24,30)(H,25,31)(H,26,32)(H,34,35)/t10-,11-,12-,13-/m0/s1. The van der Waals surface area contributed by atoms with E-state index in [1.54, 1.807) is 0 Å². The summed E-state index contributed by atoms with van der Waals surface area (Å²) in [4.78, 5) is 84.4. The van der Waals surface area contributed by atoms with Crippen molar-refractivity contribution in [2.75, 3.05) is 6.54 Å². The average molecular weight is 500 g/mol. The monoisotopic (exact) mass is 499 g/mol. The minimum absolute atomic E-state index is 0.0867. The van der Waals surface area contributed by atoms with E-state index in [1.165, 1.54) is 0 Å². The molecule has 0 bridgehead atoms. The Morgan fingerprint density at radius 2 is 1.29 bits per heavy atom. The molecule has 15 heteroatoms. The first-order chi connectivity index (χ1) is 16.3. The fourth-order valence-electron chi connectivity index (χ4n) is 3.57. The Morgan fingerprint density at radius 1 is 0.800 bits per heavy atom. The summed E-state index contributed by atoms with van der Waals surface area (Å²) in [7, 11) is 0. The van der Waals surface area contributed by atoms with E-state index in [0.29, 0.717) is 6.42 Å². The molecule has 4 atom stereocenters. The predicted octanol–water partition coefficient (Wildman–Crippen LogP) is -3.84. The minimum Gasteiger partial charge on any atom is -0.480 e. The number of hydrogen-bond acceptors (Lipinski definition) is 8. The van der Waals surface area contributed by atoms with Crippen LogP contribution in [0.2, 0.25) is 0 Å². The molecule has 0 aromatic rings. The number of hydrogen-bond donors (Lipinski definition) is 7. The largest absolute Gasteiger partial charge is 0.480 e. The molecule has 6 amide bonds. The van der Waals surface area contributed by atoms with Crippen LogP contribution in [0.3, 0.4) is 0 Å². The van der Waals surface area contributed by atoms with Crippen LogP contribution in [-0.2, 0) is 33.6 Å². The maximum Gasteiger partial charge on any atom is 0.326 e. The van der Waals surface area contributed by atoms with Crippen LogP contribution < -0.4 is 33.6 Å². The highest BCUT2D eigenvalue weighted by atomic mass is 16.4. The normalized spacial score (nSPS) is 17.6. The maximum atomic E-state index is 13.0. The lowest BCUT2D eigenvalue weighted by Crippen LogP contribution is -2.57. The van der Waals surface area contributed by atoms with Gasteiger partial charge >= 0.3 is 5.97 Å². The van der Waals surface area contributed by atoms with Gasteiger partial charge in [-0.3, -0.25) is 28.8 Å². The van der Waals surface area contributed by atoms with Crippen LogP contribution in [0.5, 0.6) is 0 Å². The fraction of sp³-hybridized carbons (Fsp3) is 0.650. The number of carbonyl (C=O) groups is 7. The first kappa shape index (κ1) is 29.3. The molecule has 1 saturated heterocycles. The predicted molar refractivity (Wildman–Crippen MR) is 119 cm³/mol. The van der Waals surface area contributed by atoms with E-state index in [0.717, 1.165) is 4.90 Å². The van der Waals surface area contributed by atoms with Gasteiger partial charge < -0.3 is 43.6 Å². The van der Waals surface area contributed by atoms with Crippen molar-refractivity contribution in [3.8, 4) is 0 Å². The molecule has 1 rings (SSSR count). The number of amides is 6. The average Bonchev–Trinajstić information content (AvgIpc) is 3.26. The molecule has 1 aliphatic heterocycles. The van der Waals surface area contributed by atoms with Gasteiger partial charge in [-0.1, -0.05) is 0 Å². The number of likely N-dealkylation sites (tertiary alicyclic amines) is 1. The molecule has 0 unspecified atom stereocenters. The van der Waals surface area contributed by atoms with E-state index in [1.807, 2.05) is 0 Å². The van der Waals surface area contributed by atoms with Gasteiger partial charge in [-0.15, -0.1) is 0 Å². The summed E-state index contributed by atoms with van der Waals surface area (Å²) in [5, 5.41) is 14.1. The van der Waals surface area contributed by atoms with Crippen LogP contribution in [0.25, 0.3) is 0 Å². The molecule has 0 aromatic carbocycles. The van der Waals surface area contributed by atoms with Gasteiger partial charge in [0.15, 0.2) is 0 Å². The molecule has 1 fully saturated rings. The summed E-state index contributed by atoms with van der Waals surface area (Å²) in [6.07, 6.45) is -0.586. The number of nitrogens with one attached hydrogen (secondary N) is 2. The zero-order valence-corrected chi connectivity index (χ0v) is 19.2. The van der Waals surface area contributed by atoms with Gasteiger partial charge in [-0.2, -0.15) is 0 Å². The van der Waals surface area contributed by atoms with Crippen molar-refractivity contribution >= 4 is 41.4 Å². The number of carboxylic acid groups (broad SMARTS) is 1. The third kappa shape index (κ3) is 9.95. The van der Waals surface area contributed by atoms with Gasteiger partial charge in [-0.05, 0) is 32.1 Å². The second-order valence-corrected chi connectivity index (χ2v) is 8.27. The van der Waals surface area contributed by atoms with Gasteiger partial charge in [0.25, 0.3) is 0 Å². The lowest BCUT2D eigenvalue weighted by atomic mass is 10.0. The van der Waals surface area contributed by atoms with Crippen LogP contribution in [-0.4, -0.2) is 82.1 Å². The Balaban J connectivity index is 3.02. The van der Waals surface area contributed by atoms with Crippen LogP contribution in [0, 0.1) is 0 Å². The highest BCUT2D eigenvalue weighted by Crippen LogP contribution is 2.19. The quantitative estimate of drug-likeness (QED) is 0.116. The van der Waals surface area contributed by atoms with Gasteiger partial charge in [0.2, 0.25) is 35.4 Å². The van der Waals surface area contributed by atoms with Gasteiger partial charge in [0.1, 0.15) is 18.1 Å². The molecule has 0 aliphatic carbocycles. The van der Waals surface area contributed by atoms with Crippen molar-refractivity contribution in [1.29, 1.82) is 0 Å². The number of nitrogens with zero attached hydrogens (tertiary/aromatic N) is 1. The molecule has 15 nitrogen and oxygen atoms in total. The lowest BCUT2D eigenvalue weighted by Gasteiger charge is -2.28. The molecular weight excluding hydrogens is 466 g/mol. The Kier molecular flexibility index (Phi) is 11.6. The van der Waals surface area contributed by atoms with Crippen LogP contribution >= 0.6 is 0 Å². The van der Waals surface area contributed by atoms with Crippen LogP contribution in [0.4, 0.5) is 0 Å². The highest BCUT2D eigenvalue weighted by Gasteiger charge is 2.38. The van der Waals surface area contributed by atoms with E-state index >= 15 is 0 Å². The van der Waals surface area contributed by atoms with Gasteiger partial charge in [0, 0.05) is 25.8 Å². The van der Waals surface area contributed by atoms with Crippen molar-refractivity contribution in [1.82, 2.24) is 15.5 Å². The van der Waals surface area contributed by atoms with E-state index in [-0.39, 0.29) is 51.5 Å². The van der Waals surface area contributed by atoms with Crippen LogP contribution in [0.1, 0.15) is 51.4 Å².